The second kappa shape index (κ2) is 7.71. The van der Waals surface area contributed by atoms with Gasteiger partial charge in [-0.25, -0.2) is 17.2 Å². The Bertz CT molecular complexity index is 881. The number of nitrogens with one attached hydrogen (secondary N) is 1. The van der Waals surface area contributed by atoms with Gasteiger partial charge in [-0.05, 0) is 30.3 Å². The molecule has 25 heavy (non-hydrogen) atoms. The number of halogens is 2. The first-order chi connectivity index (χ1) is 11.8. The van der Waals surface area contributed by atoms with Crippen molar-refractivity contribution in [3.8, 4) is 0 Å². The largest absolute Gasteiger partial charge is 0.322 e. The number of hydrogen-bond donors (Lipinski definition) is 1. The van der Waals surface area contributed by atoms with Crippen LogP contribution in [0.4, 0.5) is 14.5 Å². The molecular weight excluding hydrogens is 350 g/mol. The summed E-state index contributed by atoms with van der Waals surface area (Å²) >= 11 is 0. The lowest BCUT2D eigenvalue weighted by Crippen LogP contribution is -2.30. The lowest BCUT2D eigenvalue weighted by Gasteiger charge is -2.18. The minimum absolute atomic E-state index is 0.0218. The average Bonchev–Trinajstić information content (AvgIpc) is 2.55. The first-order valence-corrected chi connectivity index (χ1v) is 9.10. The van der Waals surface area contributed by atoms with Crippen LogP contribution in [0.5, 0.6) is 0 Å². The number of anilines is 1. The molecule has 0 atom stereocenters. The molecule has 0 aliphatic carbocycles. The molecule has 1 N–H and O–H groups in total. The van der Waals surface area contributed by atoms with E-state index in [1.165, 1.54) is 28.6 Å². The molecule has 134 valence electrons. The first-order valence-electron chi connectivity index (χ1n) is 7.66. The Balaban J connectivity index is 2.29. The number of benzene rings is 2. The Morgan fingerprint density at radius 3 is 2.36 bits per heavy atom. The molecule has 1 amide bonds. The summed E-state index contributed by atoms with van der Waals surface area (Å²) in [5, 5.41) is 2.42. The highest BCUT2D eigenvalue weighted by Gasteiger charge is 2.22. The van der Waals surface area contributed by atoms with Gasteiger partial charge in [-0.1, -0.05) is 19.9 Å². The van der Waals surface area contributed by atoms with E-state index in [0.29, 0.717) is 19.2 Å². The number of nitrogens with zero attached hydrogens (tertiary/aromatic N) is 1. The zero-order chi connectivity index (χ0) is 18.6. The molecular formula is C17H18F2N2O3S. The van der Waals surface area contributed by atoms with Crippen molar-refractivity contribution in [2.24, 2.45) is 0 Å². The highest BCUT2D eigenvalue weighted by molar-refractivity contribution is 7.89. The molecule has 0 fully saturated rings. The Hall–Kier alpha value is -2.32. The lowest BCUT2D eigenvalue weighted by molar-refractivity contribution is 0.102. The van der Waals surface area contributed by atoms with Crippen LogP contribution >= 0.6 is 0 Å². The minimum Gasteiger partial charge on any atom is -0.322 e. The predicted molar refractivity (Wildman–Crippen MR) is 90.9 cm³/mol. The number of hydrogen-bond acceptors (Lipinski definition) is 3. The molecule has 0 saturated carbocycles. The van der Waals surface area contributed by atoms with Crippen LogP contribution in [0.15, 0.2) is 47.4 Å². The van der Waals surface area contributed by atoms with E-state index in [9.17, 15) is 22.0 Å². The fourth-order valence-electron chi connectivity index (χ4n) is 2.32. The van der Waals surface area contributed by atoms with Crippen molar-refractivity contribution >= 4 is 21.6 Å². The lowest BCUT2D eigenvalue weighted by atomic mass is 10.2. The SMILES string of the molecule is CCN(CC)S(=O)(=O)c1cccc(NC(=O)c2ccc(F)cc2F)c1. The fraction of sp³-hybridized carbons (Fsp3) is 0.235. The van der Waals surface area contributed by atoms with Crippen molar-refractivity contribution in [2.75, 3.05) is 18.4 Å². The maximum atomic E-state index is 13.7. The van der Waals surface area contributed by atoms with Crippen LogP contribution in [0.2, 0.25) is 0 Å². The summed E-state index contributed by atoms with van der Waals surface area (Å²) in [6, 6.07) is 8.29. The van der Waals surface area contributed by atoms with Gasteiger partial charge in [-0.15, -0.1) is 0 Å². The van der Waals surface area contributed by atoms with Crippen LogP contribution in [-0.2, 0) is 10.0 Å². The van der Waals surface area contributed by atoms with E-state index in [0.717, 1.165) is 12.1 Å². The van der Waals surface area contributed by atoms with Gasteiger partial charge in [0, 0.05) is 24.8 Å². The van der Waals surface area contributed by atoms with Gasteiger partial charge in [-0.3, -0.25) is 4.79 Å². The van der Waals surface area contributed by atoms with Crippen molar-refractivity contribution in [2.45, 2.75) is 18.7 Å². The monoisotopic (exact) mass is 368 g/mol. The third-order valence-electron chi connectivity index (χ3n) is 3.61. The molecule has 0 spiro atoms. The Morgan fingerprint density at radius 1 is 1.08 bits per heavy atom. The third-order valence-corrected chi connectivity index (χ3v) is 5.66. The molecule has 0 aliphatic heterocycles. The maximum Gasteiger partial charge on any atom is 0.258 e. The van der Waals surface area contributed by atoms with Gasteiger partial charge in [0.25, 0.3) is 5.91 Å². The van der Waals surface area contributed by atoms with Gasteiger partial charge in [0.1, 0.15) is 11.6 Å². The number of rotatable bonds is 6. The highest BCUT2D eigenvalue weighted by atomic mass is 32.2. The summed E-state index contributed by atoms with van der Waals surface area (Å²) in [4.78, 5) is 12.1. The molecule has 0 radical (unpaired) electrons. The van der Waals surface area contributed by atoms with Gasteiger partial charge in [-0.2, -0.15) is 4.31 Å². The number of carbonyl (C=O) groups is 1. The van der Waals surface area contributed by atoms with E-state index >= 15 is 0 Å². The van der Waals surface area contributed by atoms with Gasteiger partial charge < -0.3 is 5.32 Å². The zero-order valence-electron chi connectivity index (χ0n) is 13.8. The van der Waals surface area contributed by atoms with Crippen LogP contribution in [0.3, 0.4) is 0 Å². The van der Waals surface area contributed by atoms with E-state index in [2.05, 4.69) is 5.32 Å². The molecule has 0 unspecified atom stereocenters. The summed E-state index contributed by atoms with van der Waals surface area (Å²) in [6.07, 6.45) is 0. The molecule has 0 bridgehead atoms. The summed E-state index contributed by atoms with van der Waals surface area (Å²) in [5.74, 6) is -2.58. The van der Waals surface area contributed by atoms with Crippen molar-refractivity contribution in [1.82, 2.24) is 4.31 Å². The molecule has 8 heteroatoms. The van der Waals surface area contributed by atoms with Gasteiger partial charge in [0.15, 0.2) is 0 Å². The molecule has 5 nitrogen and oxygen atoms in total. The summed E-state index contributed by atoms with van der Waals surface area (Å²) < 4.78 is 52.9. The van der Waals surface area contributed by atoms with Crippen LogP contribution in [0.25, 0.3) is 0 Å². The summed E-state index contributed by atoms with van der Waals surface area (Å²) in [5.41, 5.74) is -0.139. The number of carbonyl (C=O) groups excluding carboxylic acids is 1. The Morgan fingerprint density at radius 2 is 1.76 bits per heavy atom. The van der Waals surface area contributed by atoms with Crippen molar-refractivity contribution < 1.29 is 22.0 Å². The minimum atomic E-state index is -3.68. The van der Waals surface area contributed by atoms with Crippen LogP contribution < -0.4 is 5.32 Å². The van der Waals surface area contributed by atoms with E-state index in [-0.39, 0.29) is 16.1 Å². The molecule has 0 heterocycles. The van der Waals surface area contributed by atoms with Gasteiger partial charge >= 0.3 is 0 Å². The van der Waals surface area contributed by atoms with Crippen molar-refractivity contribution in [3.05, 3.63) is 59.7 Å². The smallest absolute Gasteiger partial charge is 0.258 e. The standard InChI is InChI=1S/C17H18F2N2O3S/c1-3-21(4-2)25(23,24)14-7-5-6-13(11-14)20-17(22)15-9-8-12(18)10-16(15)19/h5-11H,3-4H2,1-2H3,(H,20,22). The quantitative estimate of drug-likeness (QED) is 0.851. The van der Waals surface area contributed by atoms with E-state index in [4.69, 9.17) is 0 Å². The molecule has 0 aliphatic rings. The average molecular weight is 368 g/mol. The maximum absolute atomic E-state index is 13.7. The summed E-state index contributed by atoms with van der Waals surface area (Å²) in [6.45, 7) is 4.08. The second-order valence-corrected chi connectivity index (χ2v) is 7.13. The topological polar surface area (TPSA) is 66.5 Å². The first kappa shape index (κ1) is 19.0. The normalized spacial score (nSPS) is 11.6. The Labute approximate surface area is 145 Å². The molecule has 0 saturated heterocycles. The number of amides is 1. The molecule has 0 aromatic heterocycles. The molecule has 2 aromatic rings. The highest BCUT2D eigenvalue weighted by Crippen LogP contribution is 2.20. The van der Waals surface area contributed by atoms with Gasteiger partial charge in [0.2, 0.25) is 10.0 Å². The number of sulfonamides is 1. The van der Waals surface area contributed by atoms with E-state index < -0.39 is 27.6 Å². The van der Waals surface area contributed by atoms with Crippen LogP contribution in [0.1, 0.15) is 24.2 Å². The molecule has 2 aromatic carbocycles. The predicted octanol–water partition coefficient (Wildman–Crippen LogP) is 3.25. The van der Waals surface area contributed by atoms with Crippen molar-refractivity contribution in [3.63, 3.8) is 0 Å². The fourth-order valence-corrected chi connectivity index (χ4v) is 3.82. The second-order valence-electron chi connectivity index (χ2n) is 5.20. The Kier molecular flexibility index (Phi) is 5.86. The van der Waals surface area contributed by atoms with Crippen LogP contribution in [-0.4, -0.2) is 31.7 Å². The van der Waals surface area contributed by atoms with E-state index in [1.54, 1.807) is 13.8 Å². The van der Waals surface area contributed by atoms with Crippen molar-refractivity contribution in [1.29, 1.82) is 0 Å². The van der Waals surface area contributed by atoms with Gasteiger partial charge in [0.05, 0.1) is 10.5 Å². The van der Waals surface area contributed by atoms with E-state index in [1.807, 2.05) is 0 Å². The third kappa shape index (κ3) is 4.21. The van der Waals surface area contributed by atoms with Crippen LogP contribution in [0, 0.1) is 11.6 Å². The molecule has 2 rings (SSSR count). The summed E-state index contributed by atoms with van der Waals surface area (Å²) in [7, 11) is -3.68. The zero-order valence-corrected chi connectivity index (χ0v) is 14.6.